The average molecular weight is 280 g/mol. The van der Waals surface area contributed by atoms with E-state index in [1.54, 1.807) is 20.2 Å². The van der Waals surface area contributed by atoms with E-state index < -0.39 is 0 Å². The van der Waals surface area contributed by atoms with E-state index in [0.29, 0.717) is 5.75 Å². The van der Waals surface area contributed by atoms with Gasteiger partial charge in [-0.15, -0.1) is 0 Å². The first-order valence-electron chi connectivity index (χ1n) is 5.71. The van der Waals surface area contributed by atoms with E-state index in [0.717, 1.165) is 11.3 Å². The molecule has 0 unspecified atom stereocenters. The van der Waals surface area contributed by atoms with E-state index in [4.69, 9.17) is 21.1 Å². The molecule has 1 aromatic carbocycles. The Labute approximate surface area is 116 Å². The van der Waals surface area contributed by atoms with Crippen molar-refractivity contribution >= 4 is 11.6 Å². The number of rotatable bonds is 4. The van der Waals surface area contributed by atoms with Gasteiger partial charge in [0, 0.05) is 14.2 Å². The molecule has 2 rings (SSSR count). The molecule has 0 saturated carbocycles. The molecule has 4 nitrogen and oxygen atoms in total. The second kappa shape index (κ2) is 5.91. The lowest BCUT2D eigenvalue weighted by Crippen LogP contribution is -2.18. The van der Waals surface area contributed by atoms with Gasteiger partial charge in [-0.1, -0.05) is 11.6 Å². The highest BCUT2D eigenvalue weighted by molar-refractivity contribution is 6.30. The van der Waals surface area contributed by atoms with Gasteiger partial charge in [0.25, 0.3) is 5.56 Å². The second-order valence-corrected chi connectivity index (χ2v) is 4.41. The van der Waals surface area contributed by atoms with Gasteiger partial charge in [0.05, 0.1) is 5.69 Å². The van der Waals surface area contributed by atoms with E-state index in [9.17, 15) is 4.79 Å². The molecule has 0 aliphatic heterocycles. The summed E-state index contributed by atoms with van der Waals surface area (Å²) < 4.78 is 11.7. The van der Waals surface area contributed by atoms with Crippen LogP contribution in [0, 0.1) is 0 Å². The van der Waals surface area contributed by atoms with Crippen LogP contribution >= 0.6 is 11.6 Å². The molecule has 1 aromatic heterocycles. The normalized spacial score (nSPS) is 10.5. The molecule has 0 bridgehead atoms. The number of pyridine rings is 1. The van der Waals surface area contributed by atoms with Crippen molar-refractivity contribution in [2.45, 2.75) is 0 Å². The second-order valence-electron chi connectivity index (χ2n) is 4.01. The molecule has 1 heterocycles. The summed E-state index contributed by atoms with van der Waals surface area (Å²) in [5.41, 5.74) is 1.51. The van der Waals surface area contributed by atoms with Crippen molar-refractivity contribution in [1.82, 2.24) is 4.57 Å². The fraction of sp³-hybridized carbons (Fsp3) is 0.214. The van der Waals surface area contributed by atoms with Crippen molar-refractivity contribution in [2.24, 2.45) is 7.05 Å². The quantitative estimate of drug-likeness (QED) is 0.808. The average Bonchev–Trinajstić information content (AvgIpc) is 2.44. The fourth-order valence-corrected chi connectivity index (χ4v) is 1.93. The van der Waals surface area contributed by atoms with Gasteiger partial charge in [-0.05, 0) is 42.0 Å². The highest BCUT2D eigenvalue weighted by Crippen LogP contribution is 2.22. The zero-order valence-electron chi connectivity index (χ0n) is 10.7. The maximum Gasteiger partial charge on any atom is 0.269 e. The van der Waals surface area contributed by atoms with Gasteiger partial charge in [0.1, 0.15) is 10.8 Å². The number of benzene rings is 1. The van der Waals surface area contributed by atoms with E-state index in [1.165, 1.54) is 4.57 Å². The number of hydrogen-bond acceptors (Lipinski definition) is 3. The first-order chi connectivity index (χ1) is 9.13. The summed E-state index contributed by atoms with van der Waals surface area (Å²) in [4.78, 5) is 11.8. The van der Waals surface area contributed by atoms with Gasteiger partial charge in [-0.2, -0.15) is 0 Å². The highest BCUT2D eigenvalue weighted by atomic mass is 35.5. The van der Waals surface area contributed by atoms with Gasteiger partial charge in [-0.3, -0.25) is 4.79 Å². The number of halogens is 1. The first-order valence-corrected chi connectivity index (χ1v) is 6.09. The molecule has 0 spiro atoms. The lowest BCUT2D eigenvalue weighted by atomic mass is 10.1. The van der Waals surface area contributed by atoms with Gasteiger partial charge in [0.15, 0.2) is 6.79 Å². The molecule has 0 amide bonds. The predicted molar refractivity (Wildman–Crippen MR) is 74.6 cm³/mol. The van der Waals surface area contributed by atoms with E-state index >= 15 is 0 Å². The van der Waals surface area contributed by atoms with Crippen LogP contribution in [0.3, 0.4) is 0 Å². The van der Waals surface area contributed by atoms with Crippen LogP contribution in [0.5, 0.6) is 5.75 Å². The lowest BCUT2D eigenvalue weighted by Gasteiger charge is -2.10. The summed E-state index contributed by atoms with van der Waals surface area (Å²) in [7, 11) is 3.26. The Hall–Kier alpha value is -1.78. The van der Waals surface area contributed by atoms with Crippen LogP contribution in [0.1, 0.15) is 0 Å². The van der Waals surface area contributed by atoms with Crippen LogP contribution in [0.25, 0.3) is 11.3 Å². The minimum atomic E-state index is -0.209. The van der Waals surface area contributed by atoms with Gasteiger partial charge in [0.2, 0.25) is 0 Å². The van der Waals surface area contributed by atoms with E-state index in [-0.39, 0.29) is 17.4 Å². The molecular formula is C14H14ClNO3. The number of aromatic nitrogens is 1. The van der Waals surface area contributed by atoms with Gasteiger partial charge in [-0.25, -0.2) is 0 Å². The van der Waals surface area contributed by atoms with Crippen LogP contribution < -0.4 is 10.3 Å². The van der Waals surface area contributed by atoms with Crippen LogP contribution in [0.2, 0.25) is 5.02 Å². The third kappa shape index (κ3) is 2.97. The van der Waals surface area contributed by atoms with Crippen LogP contribution in [-0.2, 0) is 11.8 Å². The summed E-state index contributed by atoms with van der Waals surface area (Å²) in [6.45, 7) is 0.207. The summed E-state index contributed by atoms with van der Waals surface area (Å²) in [6, 6.07) is 10.8. The number of ether oxygens (including phenoxy) is 2. The van der Waals surface area contributed by atoms with Crippen LogP contribution in [0.4, 0.5) is 0 Å². The van der Waals surface area contributed by atoms with Crippen molar-refractivity contribution in [2.75, 3.05) is 13.9 Å². The molecule has 0 radical (unpaired) electrons. The predicted octanol–water partition coefficient (Wildman–Crippen LogP) is 2.69. The number of methoxy groups -OCH3 is 1. The summed E-state index contributed by atoms with van der Waals surface area (Å²) >= 11 is 5.79. The third-order valence-corrected chi connectivity index (χ3v) is 3.04. The Morgan fingerprint density at radius 3 is 2.47 bits per heavy atom. The molecule has 19 heavy (non-hydrogen) atoms. The first kappa shape index (κ1) is 13.6. The molecule has 0 aliphatic carbocycles. The molecule has 0 atom stereocenters. The Kier molecular flexibility index (Phi) is 4.24. The molecule has 0 aliphatic rings. The van der Waals surface area contributed by atoms with Crippen LogP contribution in [0.15, 0.2) is 41.2 Å². The Morgan fingerprint density at radius 2 is 1.84 bits per heavy atom. The third-order valence-electron chi connectivity index (χ3n) is 2.75. The smallest absolute Gasteiger partial charge is 0.269 e. The SMILES string of the molecule is COCOc1ccc(-c2ccc(Cl)c(=O)n2C)cc1. The molecule has 5 heteroatoms. The number of nitrogens with zero attached hydrogens (tertiary/aromatic N) is 1. The summed E-state index contributed by atoms with van der Waals surface area (Å²) in [6.07, 6.45) is 0. The monoisotopic (exact) mass is 279 g/mol. The highest BCUT2D eigenvalue weighted by Gasteiger charge is 2.06. The van der Waals surface area contributed by atoms with Crippen molar-refractivity contribution in [3.8, 4) is 17.0 Å². The molecule has 0 N–H and O–H groups in total. The Bertz CT molecular complexity index is 620. The zero-order chi connectivity index (χ0) is 13.8. The Morgan fingerprint density at radius 1 is 1.16 bits per heavy atom. The largest absolute Gasteiger partial charge is 0.468 e. The van der Waals surface area contributed by atoms with Crippen molar-refractivity contribution < 1.29 is 9.47 Å². The molecule has 2 aromatic rings. The standard InChI is InChI=1S/C14H14ClNO3/c1-16-13(8-7-12(15)14(16)17)10-3-5-11(6-4-10)19-9-18-2/h3-8H,9H2,1-2H3. The maximum atomic E-state index is 11.8. The lowest BCUT2D eigenvalue weighted by molar-refractivity contribution is 0.0511. The van der Waals surface area contributed by atoms with E-state index in [2.05, 4.69) is 0 Å². The molecule has 100 valence electrons. The summed E-state index contributed by atoms with van der Waals surface area (Å²) in [5, 5.41) is 0.214. The fourth-order valence-electron chi connectivity index (χ4n) is 1.74. The van der Waals surface area contributed by atoms with Crippen molar-refractivity contribution in [3.05, 3.63) is 51.8 Å². The van der Waals surface area contributed by atoms with Gasteiger partial charge >= 0.3 is 0 Å². The van der Waals surface area contributed by atoms with E-state index in [1.807, 2.05) is 30.3 Å². The molecular weight excluding hydrogens is 266 g/mol. The topological polar surface area (TPSA) is 40.5 Å². The molecule has 0 fully saturated rings. The van der Waals surface area contributed by atoms with Gasteiger partial charge < -0.3 is 14.0 Å². The minimum absolute atomic E-state index is 0.207. The summed E-state index contributed by atoms with van der Waals surface area (Å²) in [5.74, 6) is 0.713. The van der Waals surface area contributed by atoms with Crippen LogP contribution in [-0.4, -0.2) is 18.5 Å². The maximum absolute atomic E-state index is 11.8. The molecule has 0 saturated heterocycles. The Balaban J connectivity index is 2.32. The van der Waals surface area contributed by atoms with Crippen molar-refractivity contribution in [3.63, 3.8) is 0 Å². The zero-order valence-corrected chi connectivity index (χ0v) is 11.5. The number of hydrogen-bond donors (Lipinski definition) is 0. The van der Waals surface area contributed by atoms with Crippen molar-refractivity contribution in [1.29, 1.82) is 0 Å². The minimum Gasteiger partial charge on any atom is -0.468 e.